The molecule has 0 saturated heterocycles. The maximum Gasteiger partial charge on any atom is 0.430 e. The summed E-state index contributed by atoms with van der Waals surface area (Å²) in [5, 5.41) is 2.56. The fourth-order valence-corrected chi connectivity index (χ4v) is 3.66. The van der Waals surface area contributed by atoms with Gasteiger partial charge >= 0.3 is 6.18 Å². The molecule has 0 spiro atoms. The van der Waals surface area contributed by atoms with Crippen molar-refractivity contribution in [1.82, 2.24) is 5.32 Å². The number of rotatable bonds is 9. The van der Waals surface area contributed by atoms with Crippen LogP contribution in [0.25, 0.3) is 6.08 Å². The van der Waals surface area contributed by atoms with E-state index in [2.05, 4.69) is 5.32 Å². The average Bonchev–Trinajstić information content (AvgIpc) is 2.83. The van der Waals surface area contributed by atoms with Gasteiger partial charge in [-0.3, -0.25) is 4.79 Å². The molecule has 176 valence electrons. The Kier molecular flexibility index (Phi) is 8.44. The van der Waals surface area contributed by atoms with Crippen LogP contribution in [0.15, 0.2) is 109 Å². The highest BCUT2D eigenvalue weighted by Crippen LogP contribution is 2.42. The second-order valence-electron chi connectivity index (χ2n) is 7.67. The lowest BCUT2D eigenvalue weighted by Gasteiger charge is -2.34. The van der Waals surface area contributed by atoms with Gasteiger partial charge in [-0.05, 0) is 17.5 Å². The fraction of sp³-hybridized carbons (Fsp3) is 0.179. The van der Waals surface area contributed by atoms with Gasteiger partial charge in [-0.2, -0.15) is 13.2 Å². The van der Waals surface area contributed by atoms with Gasteiger partial charge in [0.25, 0.3) is 11.5 Å². The monoisotopic (exact) mass is 465 g/mol. The van der Waals surface area contributed by atoms with Crippen LogP contribution >= 0.6 is 0 Å². The van der Waals surface area contributed by atoms with E-state index < -0.39 is 23.7 Å². The summed E-state index contributed by atoms with van der Waals surface area (Å²) in [6.45, 7) is 0. The van der Waals surface area contributed by atoms with Crippen molar-refractivity contribution in [3.05, 3.63) is 126 Å². The van der Waals surface area contributed by atoms with Crippen molar-refractivity contribution in [2.45, 2.75) is 24.2 Å². The number of hydrogen-bond donors (Lipinski definition) is 1. The topological polar surface area (TPSA) is 38.3 Å². The summed E-state index contributed by atoms with van der Waals surface area (Å²) in [7, 11) is 0.894. The first-order valence-corrected chi connectivity index (χ1v) is 10.8. The minimum atomic E-state index is -4.97. The Morgan fingerprint density at radius 1 is 0.882 bits per heavy atom. The molecule has 1 unspecified atom stereocenters. The highest BCUT2D eigenvalue weighted by molar-refractivity contribution is 5.88. The van der Waals surface area contributed by atoms with E-state index in [0.29, 0.717) is 6.42 Å². The van der Waals surface area contributed by atoms with E-state index in [1.165, 1.54) is 24.3 Å². The van der Waals surface area contributed by atoms with Gasteiger partial charge in [0, 0.05) is 12.7 Å². The predicted molar refractivity (Wildman–Crippen MR) is 128 cm³/mol. The molecule has 0 saturated carbocycles. The van der Waals surface area contributed by atoms with Gasteiger partial charge in [-0.25, -0.2) is 0 Å². The van der Waals surface area contributed by atoms with Crippen molar-refractivity contribution in [3.63, 3.8) is 0 Å². The number of allylic oxidation sites excluding steroid dienone is 2. The van der Waals surface area contributed by atoms with Crippen LogP contribution in [0, 0.1) is 0 Å². The smallest absolute Gasteiger partial charge is 0.356 e. The standard InChI is InChI=1S/C28H26F3NO2/c1-34-27(28(29,30)31,24-18-9-4-10-19-24)26(33)32-25(21-23-16-7-3-8-17-23)20-12-11-15-22-13-5-2-6-14-22/h2-20,25H,21H2,1H3,(H,32,33)/b15-11+,20-12+/t25?,27-/m0/s1. The first kappa shape index (κ1) is 25.0. The first-order valence-electron chi connectivity index (χ1n) is 10.8. The van der Waals surface area contributed by atoms with Gasteiger partial charge in [0.05, 0.1) is 6.04 Å². The van der Waals surface area contributed by atoms with E-state index in [-0.39, 0.29) is 5.56 Å². The van der Waals surface area contributed by atoms with E-state index in [0.717, 1.165) is 18.2 Å². The molecule has 0 aliphatic carbocycles. The summed E-state index contributed by atoms with van der Waals surface area (Å²) in [4.78, 5) is 13.2. The van der Waals surface area contributed by atoms with Crippen molar-refractivity contribution >= 4 is 12.0 Å². The molecule has 0 bridgehead atoms. The molecule has 34 heavy (non-hydrogen) atoms. The summed E-state index contributed by atoms with van der Waals surface area (Å²) < 4.78 is 47.7. The average molecular weight is 466 g/mol. The van der Waals surface area contributed by atoms with E-state index in [4.69, 9.17) is 4.74 Å². The van der Waals surface area contributed by atoms with Crippen molar-refractivity contribution in [2.24, 2.45) is 0 Å². The minimum absolute atomic E-state index is 0.283. The zero-order valence-corrected chi connectivity index (χ0v) is 18.7. The third-order valence-corrected chi connectivity index (χ3v) is 5.36. The molecule has 1 amide bonds. The Bertz CT molecular complexity index is 1100. The quantitative estimate of drug-likeness (QED) is 0.389. The van der Waals surface area contributed by atoms with E-state index in [1.807, 2.05) is 66.7 Å². The number of methoxy groups -OCH3 is 1. The molecular formula is C28H26F3NO2. The number of benzene rings is 3. The van der Waals surface area contributed by atoms with Gasteiger partial charge in [0.2, 0.25) is 0 Å². The number of hydrogen-bond acceptors (Lipinski definition) is 2. The van der Waals surface area contributed by atoms with E-state index >= 15 is 0 Å². The number of alkyl halides is 3. The van der Waals surface area contributed by atoms with Gasteiger partial charge in [-0.1, -0.05) is 115 Å². The molecule has 1 N–H and O–H groups in total. The maximum atomic E-state index is 14.3. The lowest BCUT2D eigenvalue weighted by Crippen LogP contribution is -2.57. The molecule has 6 heteroatoms. The van der Waals surface area contributed by atoms with Crippen molar-refractivity contribution < 1.29 is 22.7 Å². The van der Waals surface area contributed by atoms with Crippen molar-refractivity contribution in [3.8, 4) is 0 Å². The molecule has 3 rings (SSSR count). The van der Waals surface area contributed by atoms with Crippen LogP contribution in [0.5, 0.6) is 0 Å². The Labute approximate surface area is 197 Å². The van der Waals surface area contributed by atoms with Crippen LogP contribution in [-0.4, -0.2) is 25.2 Å². The van der Waals surface area contributed by atoms with Crippen LogP contribution in [0.1, 0.15) is 16.7 Å². The van der Waals surface area contributed by atoms with E-state index in [1.54, 1.807) is 24.3 Å². The molecule has 0 heterocycles. The highest BCUT2D eigenvalue weighted by atomic mass is 19.4. The second kappa shape index (κ2) is 11.5. The van der Waals surface area contributed by atoms with Crippen LogP contribution in [0.2, 0.25) is 0 Å². The summed E-state index contributed by atoms with van der Waals surface area (Å²) in [6.07, 6.45) is 2.38. The first-order chi connectivity index (χ1) is 16.4. The molecule has 3 aromatic carbocycles. The largest absolute Gasteiger partial charge is 0.430 e. The maximum absolute atomic E-state index is 14.3. The SMILES string of the molecule is CO[C@](C(=O)NC(/C=C/C=C/c1ccccc1)Cc1ccccc1)(c1ccccc1)C(F)(F)F. The number of ether oxygens (including phenoxy) is 1. The van der Waals surface area contributed by atoms with Gasteiger partial charge in [-0.15, -0.1) is 0 Å². The Morgan fingerprint density at radius 3 is 2.00 bits per heavy atom. The van der Waals surface area contributed by atoms with Gasteiger partial charge in [0.1, 0.15) is 0 Å². The normalized spacial score (nSPS) is 14.7. The lowest BCUT2D eigenvalue weighted by molar-refractivity contribution is -0.266. The Hall–Kier alpha value is -3.64. The van der Waals surface area contributed by atoms with Gasteiger partial charge in [0.15, 0.2) is 0 Å². The Morgan fingerprint density at radius 2 is 1.44 bits per heavy atom. The number of carbonyl (C=O) groups is 1. The molecule has 0 aliphatic rings. The van der Waals surface area contributed by atoms with E-state index in [9.17, 15) is 18.0 Å². The molecule has 3 nitrogen and oxygen atoms in total. The second-order valence-corrected chi connectivity index (χ2v) is 7.67. The zero-order chi connectivity index (χ0) is 24.4. The Balaban J connectivity index is 1.89. The molecule has 3 aromatic rings. The summed E-state index contributed by atoms with van der Waals surface area (Å²) in [5.41, 5.74) is -1.56. The number of nitrogens with one attached hydrogen (secondary N) is 1. The highest BCUT2D eigenvalue weighted by Gasteiger charge is 2.62. The third kappa shape index (κ3) is 6.02. The number of halogens is 3. The fourth-order valence-electron chi connectivity index (χ4n) is 3.66. The van der Waals surface area contributed by atoms with Crippen LogP contribution in [0.4, 0.5) is 13.2 Å². The molecular weight excluding hydrogens is 439 g/mol. The number of amides is 1. The third-order valence-electron chi connectivity index (χ3n) is 5.36. The summed E-state index contributed by atoms with van der Waals surface area (Å²) in [5.74, 6) is -1.27. The lowest BCUT2D eigenvalue weighted by atomic mass is 9.91. The molecule has 2 atom stereocenters. The summed E-state index contributed by atoms with van der Waals surface area (Å²) >= 11 is 0. The molecule has 0 aromatic heterocycles. The molecule has 0 fully saturated rings. The molecule has 0 radical (unpaired) electrons. The van der Waals surface area contributed by atoms with Crippen LogP contribution < -0.4 is 5.32 Å². The number of carbonyl (C=O) groups excluding carboxylic acids is 1. The van der Waals surface area contributed by atoms with Crippen LogP contribution in [-0.2, 0) is 21.6 Å². The predicted octanol–water partition coefficient (Wildman–Crippen LogP) is 6.09. The van der Waals surface area contributed by atoms with Crippen molar-refractivity contribution in [2.75, 3.05) is 7.11 Å². The summed E-state index contributed by atoms with van der Waals surface area (Å²) in [6, 6.07) is 25.1. The zero-order valence-electron chi connectivity index (χ0n) is 18.7. The van der Waals surface area contributed by atoms with Gasteiger partial charge < -0.3 is 10.1 Å². The molecule has 0 aliphatic heterocycles. The van der Waals surface area contributed by atoms with Crippen molar-refractivity contribution in [1.29, 1.82) is 0 Å². The minimum Gasteiger partial charge on any atom is -0.356 e. The van der Waals surface area contributed by atoms with Crippen LogP contribution in [0.3, 0.4) is 0 Å².